The smallest absolute Gasteiger partial charge is 0.264 e. The highest BCUT2D eigenvalue weighted by Crippen LogP contribution is 2.25. The Kier molecular flexibility index (Phi) is 3.99. The SMILES string of the molecule is O=c1ccc(-c2ccc(-c3ccc(-c4ccc(=O)[nH]n4)cc3)cc2)n[nH]1. The first-order valence-corrected chi connectivity index (χ1v) is 8.02. The van der Waals surface area contributed by atoms with Gasteiger partial charge in [0.05, 0.1) is 11.4 Å². The topological polar surface area (TPSA) is 91.5 Å². The summed E-state index contributed by atoms with van der Waals surface area (Å²) in [5, 5.41) is 12.9. The highest BCUT2D eigenvalue weighted by atomic mass is 16.1. The van der Waals surface area contributed by atoms with Crippen LogP contribution >= 0.6 is 0 Å². The fourth-order valence-electron chi connectivity index (χ4n) is 2.68. The molecule has 2 aromatic carbocycles. The van der Waals surface area contributed by atoms with Crippen LogP contribution in [0.5, 0.6) is 0 Å². The van der Waals surface area contributed by atoms with Crippen LogP contribution in [-0.2, 0) is 0 Å². The molecule has 0 amide bonds. The quantitative estimate of drug-likeness (QED) is 0.599. The third-order valence-electron chi connectivity index (χ3n) is 4.05. The van der Waals surface area contributed by atoms with E-state index in [1.54, 1.807) is 12.1 Å². The van der Waals surface area contributed by atoms with Crippen molar-refractivity contribution in [3.05, 3.63) is 93.5 Å². The number of hydrogen-bond donors (Lipinski definition) is 2. The molecular weight excluding hydrogens is 328 g/mol. The van der Waals surface area contributed by atoms with Crippen LogP contribution in [0.2, 0.25) is 0 Å². The first-order chi connectivity index (χ1) is 12.7. The summed E-state index contributed by atoms with van der Waals surface area (Å²) >= 11 is 0. The Balaban J connectivity index is 1.59. The monoisotopic (exact) mass is 342 g/mol. The number of aromatic nitrogens is 4. The molecule has 0 spiro atoms. The molecule has 0 bridgehead atoms. The first-order valence-electron chi connectivity index (χ1n) is 8.02. The molecular formula is C20H14N4O2. The second kappa shape index (κ2) is 6.60. The molecule has 0 saturated heterocycles. The van der Waals surface area contributed by atoms with E-state index in [4.69, 9.17) is 0 Å². The molecule has 0 saturated carbocycles. The predicted octanol–water partition coefficient (Wildman–Crippen LogP) is 2.85. The highest BCUT2D eigenvalue weighted by Gasteiger charge is 2.04. The molecule has 0 radical (unpaired) electrons. The lowest BCUT2D eigenvalue weighted by Crippen LogP contribution is -2.05. The van der Waals surface area contributed by atoms with E-state index in [9.17, 15) is 9.59 Å². The number of H-pyrrole nitrogens is 2. The number of aromatic amines is 2. The van der Waals surface area contributed by atoms with Crippen LogP contribution in [0.4, 0.5) is 0 Å². The zero-order valence-electron chi connectivity index (χ0n) is 13.6. The van der Waals surface area contributed by atoms with Crippen molar-refractivity contribution in [3.8, 4) is 33.6 Å². The van der Waals surface area contributed by atoms with Crippen molar-refractivity contribution >= 4 is 0 Å². The largest absolute Gasteiger partial charge is 0.268 e. The summed E-state index contributed by atoms with van der Waals surface area (Å²) < 4.78 is 0. The molecule has 4 aromatic rings. The van der Waals surface area contributed by atoms with Gasteiger partial charge in [-0.3, -0.25) is 9.59 Å². The van der Waals surface area contributed by atoms with Gasteiger partial charge in [0.2, 0.25) is 0 Å². The fourth-order valence-corrected chi connectivity index (χ4v) is 2.68. The third kappa shape index (κ3) is 3.21. The molecule has 126 valence electrons. The van der Waals surface area contributed by atoms with Crippen LogP contribution in [0, 0.1) is 0 Å². The van der Waals surface area contributed by atoms with Crippen molar-refractivity contribution in [2.24, 2.45) is 0 Å². The number of benzene rings is 2. The first kappa shape index (κ1) is 15.7. The van der Waals surface area contributed by atoms with Gasteiger partial charge in [-0.05, 0) is 23.3 Å². The van der Waals surface area contributed by atoms with E-state index >= 15 is 0 Å². The van der Waals surface area contributed by atoms with E-state index in [2.05, 4.69) is 20.4 Å². The zero-order valence-corrected chi connectivity index (χ0v) is 13.6. The van der Waals surface area contributed by atoms with E-state index in [0.717, 1.165) is 33.6 Å². The average Bonchev–Trinajstić information content (AvgIpc) is 2.70. The maximum absolute atomic E-state index is 11.1. The van der Waals surface area contributed by atoms with E-state index < -0.39 is 0 Å². The van der Waals surface area contributed by atoms with Gasteiger partial charge >= 0.3 is 0 Å². The molecule has 6 nitrogen and oxygen atoms in total. The van der Waals surface area contributed by atoms with Gasteiger partial charge in [-0.1, -0.05) is 48.5 Å². The number of hydrogen-bond acceptors (Lipinski definition) is 4. The normalized spacial score (nSPS) is 10.6. The van der Waals surface area contributed by atoms with Gasteiger partial charge in [-0.15, -0.1) is 0 Å². The Labute approximate surface area is 148 Å². The van der Waals surface area contributed by atoms with Gasteiger partial charge in [0.15, 0.2) is 0 Å². The second-order valence-corrected chi connectivity index (χ2v) is 5.77. The Hall–Kier alpha value is -3.80. The average molecular weight is 342 g/mol. The minimum Gasteiger partial charge on any atom is -0.268 e. The molecule has 6 heteroatoms. The lowest BCUT2D eigenvalue weighted by molar-refractivity contribution is 0.995. The van der Waals surface area contributed by atoms with Gasteiger partial charge in [-0.2, -0.15) is 10.2 Å². The minimum atomic E-state index is -0.220. The molecule has 2 heterocycles. The molecule has 0 aliphatic heterocycles. The highest BCUT2D eigenvalue weighted by molar-refractivity contribution is 5.71. The van der Waals surface area contributed by atoms with Crippen molar-refractivity contribution in [1.82, 2.24) is 20.4 Å². The van der Waals surface area contributed by atoms with Crippen LogP contribution in [0.3, 0.4) is 0 Å². The molecule has 2 N–H and O–H groups in total. The van der Waals surface area contributed by atoms with Crippen molar-refractivity contribution in [1.29, 1.82) is 0 Å². The molecule has 0 fully saturated rings. The van der Waals surface area contributed by atoms with Crippen molar-refractivity contribution < 1.29 is 0 Å². The molecule has 2 aromatic heterocycles. The Bertz CT molecular complexity index is 1020. The van der Waals surface area contributed by atoms with Gasteiger partial charge in [-0.25, -0.2) is 10.2 Å². The molecule has 26 heavy (non-hydrogen) atoms. The molecule has 0 aliphatic carbocycles. The summed E-state index contributed by atoms with van der Waals surface area (Å²) in [6.07, 6.45) is 0. The van der Waals surface area contributed by atoms with Gasteiger partial charge in [0, 0.05) is 23.3 Å². The molecule has 4 rings (SSSR count). The van der Waals surface area contributed by atoms with Crippen LogP contribution < -0.4 is 11.1 Å². The van der Waals surface area contributed by atoms with E-state index in [0.29, 0.717) is 0 Å². The predicted molar refractivity (Wildman–Crippen MR) is 99.6 cm³/mol. The van der Waals surface area contributed by atoms with Gasteiger partial charge in [0.25, 0.3) is 11.1 Å². The summed E-state index contributed by atoms with van der Waals surface area (Å²) in [6, 6.07) is 22.2. The van der Waals surface area contributed by atoms with Crippen LogP contribution in [0.25, 0.3) is 33.6 Å². The standard InChI is InChI=1S/C20H14N4O2/c25-19-11-9-17(21-23-19)15-5-1-13(2-6-15)14-3-7-16(8-4-14)18-10-12-20(26)24-22-18/h1-12H,(H,23,25)(H,24,26). The summed E-state index contributed by atoms with van der Waals surface area (Å²) in [6.45, 7) is 0. The lowest BCUT2D eigenvalue weighted by Gasteiger charge is -2.06. The lowest BCUT2D eigenvalue weighted by atomic mass is 10.0. The zero-order chi connectivity index (χ0) is 17.9. The Morgan fingerprint density at radius 2 is 0.808 bits per heavy atom. The fraction of sp³-hybridized carbons (Fsp3) is 0. The minimum absolute atomic E-state index is 0.220. The van der Waals surface area contributed by atoms with Crippen molar-refractivity contribution in [2.75, 3.05) is 0 Å². The third-order valence-corrected chi connectivity index (χ3v) is 4.05. The van der Waals surface area contributed by atoms with Gasteiger partial charge < -0.3 is 0 Å². The van der Waals surface area contributed by atoms with Crippen LogP contribution in [0.15, 0.2) is 82.4 Å². The van der Waals surface area contributed by atoms with Crippen LogP contribution in [0.1, 0.15) is 0 Å². The maximum Gasteiger partial charge on any atom is 0.264 e. The molecule has 0 unspecified atom stereocenters. The van der Waals surface area contributed by atoms with Crippen molar-refractivity contribution in [2.45, 2.75) is 0 Å². The summed E-state index contributed by atoms with van der Waals surface area (Å²) in [4.78, 5) is 22.2. The van der Waals surface area contributed by atoms with Crippen LogP contribution in [-0.4, -0.2) is 20.4 Å². The summed E-state index contributed by atoms with van der Waals surface area (Å²) in [5.41, 5.74) is 4.99. The van der Waals surface area contributed by atoms with E-state index in [1.807, 2.05) is 48.5 Å². The Morgan fingerprint density at radius 3 is 1.12 bits per heavy atom. The maximum atomic E-state index is 11.1. The second-order valence-electron chi connectivity index (χ2n) is 5.77. The Morgan fingerprint density at radius 1 is 0.462 bits per heavy atom. The van der Waals surface area contributed by atoms with E-state index in [-0.39, 0.29) is 11.1 Å². The summed E-state index contributed by atoms with van der Waals surface area (Å²) in [7, 11) is 0. The van der Waals surface area contributed by atoms with Gasteiger partial charge in [0.1, 0.15) is 0 Å². The number of nitrogens with one attached hydrogen (secondary N) is 2. The van der Waals surface area contributed by atoms with Crippen molar-refractivity contribution in [3.63, 3.8) is 0 Å². The van der Waals surface area contributed by atoms with E-state index in [1.165, 1.54) is 12.1 Å². The molecule has 0 atom stereocenters. The number of nitrogens with zero attached hydrogens (tertiary/aromatic N) is 2. The molecule has 0 aliphatic rings. The number of rotatable bonds is 3. The summed E-state index contributed by atoms with van der Waals surface area (Å²) in [5.74, 6) is 0.